The average Bonchev–Trinajstić information content (AvgIpc) is 3.13. The molecule has 0 bridgehead atoms. The van der Waals surface area contributed by atoms with Crippen LogP contribution in [0.1, 0.15) is 33.0 Å². The van der Waals surface area contributed by atoms with Gasteiger partial charge in [-0.1, -0.05) is 0 Å². The van der Waals surface area contributed by atoms with Crippen molar-refractivity contribution in [3.8, 4) is 0 Å². The lowest BCUT2D eigenvalue weighted by atomic mass is 9.85. The first-order valence-electron chi connectivity index (χ1n) is 9.66. The lowest BCUT2D eigenvalue weighted by molar-refractivity contribution is -0.123. The molecule has 2 amide bonds. The Morgan fingerprint density at radius 1 is 1.37 bits per heavy atom. The van der Waals surface area contributed by atoms with E-state index in [4.69, 9.17) is 9.47 Å². The molecule has 0 atom stereocenters. The van der Waals surface area contributed by atoms with Crippen molar-refractivity contribution in [1.82, 2.24) is 15.1 Å². The number of methoxy groups -OCH3 is 1. The molecule has 8 heteroatoms. The van der Waals surface area contributed by atoms with Gasteiger partial charge >= 0.3 is 0 Å². The first kappa shape index (κ1) is 18.9. The normalized spacial score (nSPS) is 22.6. The number of ether oxygens (including phenoxy) is 2. The van der Waals surface area contributed by atoms with Gasteiger partial charge in [-0.25, -0.2) is 0 Å². The number of likely N-dealkylation sites (tertiary alicyclic amines) is 1. The fourth-order valence-electron chi connectivity index (χ4n) is 4.22. The molecular weight excluding hydrogens is 366 g/mol. The molecule has 1 aromatic rings. The van der Waals surface area contributed by atoms with E-state index in [1.165, 1.54) is 10.4 Å². The van der Waals surface area contributed by atoms with Gasteiger partial charge in [-0.05, 0) is 30.9 Å². The van der Waals surface area contributed by atoms with Crippen LogP contribution < -0.4 is 5.32 Å². The van der Waals surface area contributed by atoms with Gasteiger partial charge in [0.25, 0.3) is 5.91 Å². The number of fused-ring (bicyclic) bond motifs is 2. The molecule has 4 heterocycles. The Labute approximate surface area is 163 Å². The standard InChI is InChI=1S/C19H27N3O4S/c1-25-11-9-21-6-3-19(4-7-21)17-14(2-10-26-19)12-15(27-17)18(24)22-8-5-20-16(23)13-22/h12H,2-11,13H2,1H3,(H,20,23). The number of thiophene rings is 1. The van der Waals surface area contributed by atoms with E-state index >= 15 is 0 Å². The second-order valence-corrected chi connectivity index (χ2v) is 8.52. The van der Waals surface area contributed by atoms with Gasteiger partial charge in [0.15, 0.2) is 0 Å². The maximum absolute atomic E-state index is 12.9. The van der Waals surface area contributed by atoms with Crippen LogP contribution in [0.15, 0.2) is 6.07 Å². The number of nitrogens with zero attached hydrogens (tertiary/aromatic N) is 2. The summed E-state index contributed by atoms with van der Waals surface area (Å²) in [5, 5.41) is 2.77. The second kappa shape index (κ2) is 7.87. The number of carbonyl (C=O) groups excluding carboxylic acids is 2. The molecule has 0 unspecified atom stereocenters. The Balaban J connectivity index is 1.50. The summed E-state index contributed by atoms with van der Waals surface area (Å²) in [7, 11) is 1.73. The third-order valence-electron chi connectivity index (χ3n) is 5.78. The molecule has 0 aliphatic carbocycles. The van der Waals surface area contributed by atoms with Crippen molar-refractivity contribution in [3.63, 3.8) is 0 Å². The highest BCUT2D eigenvalue weighted by molar-refractivity contribution is 7.14. The molecule has 3 aliphatic heterocycles. The molecule has 0 aromatic carbocycles. The van der Waals surface area contributed by atoms with Crippen molar-refractivity contribution in [2.45, 2.75) is 24.9 Å². The Morgan fingerprint density at radius 2 is 2.19 bits per heavy atom. The van der Waals surface area contributed by atoms with Crippen LogP contribution in [0.2, 0.25) is 0 Å². The van der Waals surface area contributed by atoms with Crippen LogP contribution in [0.4, 0.5) is 0 Å². The van der Waals surface area contributed by atoms with Crippen molar-refractivity contribution >= 4 is 23.2 Å². The smallest absolute Gasteiger partial charge is 0.264 e. The molecule has 0 radical (unpaired) electrons. The maximum atomic E-state index is 12.9. The molecule has 27 heavy (non-hydrogen) atoms. The molecule has 0 saturated carbocycles. The number of carbonyl (C=O) groups is 2. The average molecular weight is 394 g/mol. The van der Waals surface area contributed by atoms with Crippen LogP contribution in [0.3, 0.4) is 0 Å². The molecule has 1 spiro atoms. The monoisotopic (exact) mass is 393 g/mol. The van der Waals surface area contributed by atoms with Crippen LogP contribution in [0, 0.1) is 0 Å². The number of piperidine rings is 1. The van der Waals surface area contributed by atoms with Gasteiger partial charge in [-0.15, -0.1) is 11.3 Å². The fourth-order valence-corrected chi connectivity index (χ4v) is 5.60. The molecule has 2 saturated heterocycles. The van der Waals surface area contributed by atoms with E-state index in [0.717, 1.165) is 50.4 Å². The predicted molar refractivity (Wildman–Crippen MR) is 102 cm³/mol. The number of amides is 2. The lowest BCUT2D eigenvalue weighted by Gasteiger charge is -2.43. The number of hydrogen-bond donors (Lipinski definition) is 1. The highest BCUT2D eigenvalue weighted by Crippen LogP contribution is 2.45. The van der Waals surface area contributed by atoms with E-state index in [-0.39, 0.29) is 24.0 Å². The van der Waals surface area contributed by atoms with Crippen LogP contribution in [-0.4, -0.2) is 81.2 Å². The fraction of sp³-hybridized carbons (Fsp3) is 0.684. The minimum Gasteiger partial charge on any atom is -0.383 e. The molecule has 1 aromatic heterocycles. The van der Waals surface area contributed by atoms with Crippen LogP contribution in [0.25, 0.3) is 0 Å². The summed E-state index contributed by atoms with van der Waals surface area (Å²) in [5.74, 6) is -0.115. The van der Waals surface area contributed by atoms with E-state index in [2.05, 4.69) is 10.2 Å². The van der Waals surface area contributed by atoms with Crippen molar-refractivity contribution < 1.29 is 19.1 Å². The minimum absolute atomic E-state index is 0.0306. The zero-order valence-corrected chi connectivity index (χ0v) is 16.6. The van der Waals surface area contributed by atoms with Crippen molar-refractivity contribution in [3.05, 3.63) is 21.4 Å². The number of rotatable bonds is 4. The summed E-state index contributed by atoms with van der Waals surface area (Å²) in [6, 6.07) is 2.04. The molecule has 3 aliphatic rings. The summed E-state index contributed by atoms with van der Waals surface area (Å²) >= 11 is 1.57. The zero-order valence-electron chi connectivity index (χ0n) is 15.8. The van der Waals surface area contributed by atoms with Gasteiger partial charge in [0.2, 0.25) is 5.91 Å². The quantitative estimate of drug-likeness (QED) is 0.821. The minimum atomic E-state index is -0.250. The van der Waals surface area contributed by atoms with E-state index in [0.29, 0.717) is 19.7 Å². The first-order chi connectivity index (χ1) is 13.1. The zero-order chi connectivity index (χ0) is 18.9. The molecule has 7 nitrogen and oxygen atoms in total. The third kappa shape index (κ3) is 3.76. The highest BCUT2D eigenvalue weighted by Gasteiger charge is 2.43. The summed E-state index contributed by atoms with van der Waals surface area (Å²) in [4.78, 5) is 30.5. The largest absolute Gasteiger partial charge is 0.383 e. The third-order valence-corrected chi connectivity index (χ3v) is 7.14. The van der Waals surface area contributed by atoms with Gasteiger partial charge < -0.3 is 24.6 Å². The molecule has 1 N–H and O–H groups in total. The van der Waals surface area contributed by atoms with Crippen molar-refractivity contribution in [2.24, 2.45) is 0 Å². The predicted octanol–water partition coefficient (Wildman–Crippen LogP) is 0.830. The summed E-state index contributed by atoms with van der Waals surface area (Å²) in [6.07, 6.45) is 2.75. The maximum Gasteiger partial charge on any atom is 0.264 e. The van der Waals surface area contributed by atoms with Crippen molar-refractivity contribution in [2.75, 3.05) is 59.6 Å². The summed E-state index contributed by atoms with van der Waals surface area (Å²) in [5.41, 5.74) is 1.00. The van der Waals surface area contributed by atoms with Crippen LogP contribution in [-0.2, 0) is 26.3 Å². The molecule has 148 valence electrons. The SMILES string of the molecule is COCCN1CCC2(CC1)OCCc1cc(C(=O)N3CCNC(=O)C3)sc12. The van der Waals surface area contributed by atoms with E-state index in [1.807, 2.05) is 6.07 Å². The van der Waals surface area contributed by atoms with Gasteiger partial charge in [0.1, 0.15) is 5.60 Å². The second-order valence-electron chi connectivity index (χ2n) is 7.47. The molecule has 2 fully saturated rings. The number of hydrogen-bond acceptors (Lipinski definition) is 6. The summed E-state index contributed by atoms with van der Waals surface area (Å²) in [6.45, 7) is 5.62. The Morgan fingerprint density at radius 3 is 2.93 bits per heavy atom. The van der Waals surface area contributed by atoms with E-state index in [9.17, 15) is 9.59 Å². The highest BCUT2D eigenvalue weighted by atomic mass is 32.1. The lowest BCUT2D eigenvalue weighted by Crippen LogP contribution is -2.49. The van der Waals surface area contributed by atoms with E-state index in [1.54, 1.807) is 23.3 Å². The van der Waals surface area contributed by atoms with Gasteiger partial charge in [-0.2, -0.15) is 0 Å². The summed E-state index contributed by atoms with van der Waals surface area (Å²) < 4.78 is 11.5. The number of piperazine rings is 1. The van der Waals surface area contributed by atoms with Crippen LogP contribution in [0.5, 0.6) is 0 Å². The molecular formula is C19H27N3O4S. The van der Waals surface area contributed by atoms with Gasteiger partial charge in [-0.3, -0.25) is 9.59 Å². The Kier molecular flexibility index (Phi) is 5.50. The van der Waals surface area contributed by atoms with Gasteiger partial charge in [0.05, 0.1) is 24.6 Å². The Bertz CT molecular complexity index is 712. The van der Waals surface area contributed by atoms with Crippen molar-refractivity contribution in [1.29, 1.82) is 0 Å². The topological polar surface area (TPSA) is 71.1 Å². The first-order valence-corrected chi connectivity index (χ1v) is 10.5. The Hall–Kier alpha value is -1.48. The van der Waals surface area contributed by atoms with E-state index < -0.39 is 0 Å². The van der Waals surface area contributed by atoms with Gasteiger partial charge in [0, 0.05) is 44.7 Å². The molecule has 4 rings (SSSR count). The number of nitrogens with one attached hydrogen (secondary N) is 1. The van der Waals surface area contributed by atoms with Crippen LogP contribution >= 0.6 is 11.3 Å².